The molecule has 2 unspecified atom stereocenters. The Bertz CT molecular complexity index is 2090. The zero-order valence-corrected chi connectivity index (χ0v) is 29.5. The fraction of sp³-hybridized carbons (Fsp3) is 0.429. The highest BCUT2D eigenvalue weighted by molar-refractivity contribution is 6.33. The van der Waals surface area contributed by atoms with Gasteiger partial charge in [0.2, 0.25) is 23.5 Å². The second-order valence-electron chi connectivity index (χ2n) is 13.3. The number of amides is 3. The molecule has 0 spiro atoms. The first kappa shape index (κ1) is 36.2. The molecular formula is C35H37ClF3N9O5. The second-order valence-corrected chi connectivity index (χ2v) is 13.7. The molecule has 3 saturated heterocycles. The Morgan fingerprint density at radius 1 is 0.981 bits per heavy atom. The number of piperazine rings is 1. The molecule has 3 aliphatic rings. The maximum atomic E-state index is 14.3. The Morgan fingerprint density at radius 2 is 1.68 bits per heavy atom. The molecule has 280 valence electrons. The van der Waals surface area contributed by atoms with Crippen molar-refractivity contribution in [1.29, 1.82) is 0 Å². The Morgan fingerprint density at radius 3 is 2.32 bits per heavy atom. The van der Waals surface area contributed by atoms with Crippen LogP contribution in [-0.4, -0.2) is 101 Å². The van der Waals surface area contributed by atoms with E-state index in [1.807, 2.05) is 16.7 Å². The van der Waals surface area contributed by atoms with Gasteiger partial charge in [0, 0.05) is 56.7 Å². The summed E-state index contributed by atoms with van der Waals surface area (Å²) in [7, 11) is 0. The number of halogens is 4. The van der Waals surface area contributed by atoms with Crippen molar-refractivity contribution >= 4 is 52.4 Å². The van der Waals surface area contributed by atoms with Crippen molar-refractivity contribution in [2.45, 2.75) is 26.1 Å². The molecule has 2 aromatic carbocycles. The van der Waals surface area contributed by atoms with E-state index in [2.05, 4.69) is 15.7 Å². The molecule has 3 aliphatic heterocycles. The molecule has 0 radical (unpaired) electrons. The van der Waals surface area contributed by atoms with Gasteiger partial charge in [0.15, 0.2) is 0 Å². The molecule has 2 N–H and O–H groups in total. The summed E-state index contributed by atoms with van der Waals surface area (Å²) < 4.78 is 48.1. The number of rotatable bonds is 9. The van der Waals surface area contributed by atoms with Crippen LogP contribution in [0.2, 0.25) is 5.02 Å². The third-order valence-electron chi connectivity index (χ3n) is 9.93. The average molecular weight is 756 g/mol. The summed E-state index contributed by atoms with van der Waals surface area (Å²) in [5.41, 5.74) is -0.153. The van der Waals surface area contributed by atoms with Crippen molar-refractivity contribution in [3.05, 3.63) is 80.7 Å². The minimum atomic E-state index is -4.61. The monoisotopic (exact) mass is 755 g/mol. The highest BCUT2D eigenvalue weighted by Gasteiger charge is 2.39. The summed E-state index contributed by atoms with van der Waals surface area (Å²) in [6.45, 7) is 4.99. The highest BCUT2D eigenvalue weighted by Crippen LogP contribution is 2.34. The van der Waals surface area contributed by atoms with E-state index in [1.54, 1.807) is 39.8 Å². The van der Waals surface area contributed by atoms with Gasteiger partial charge >= 0.3 is 6.18 Å². The van der Waals surface area contributed by atoms with Crippen LogP contribution in [-0.2, 0) is 33.5 Å². The first-order valence-electron chi connectivity index (χ1n) is 17.3. The standard InChI is InChI=1S/C35H37ClF3N9O5/c1-2-27-30(45-12-10-44(11-13-45)29(50)15-40-31(51)21-6-4-3-5-7-21)32(52)48-34(42-33(43-48)46-16-22-19-53-20-23(22)17-46)47(27)18-28(49)41-26-9-8-24(14-25(26)36)35(37,38)39/h3-9,14,22-23H,2,10-13,15-20H2,1H3,(H,40,51)(H,41,49). The van der Waals surface area contributed by atoms with E-state index in [4.69, 9.17) is 21.3 Å². The second kappa shape index (κ2) is 14.7. The summed E-state index contributed by atoms with van der Waals surface area (Å²) in [6.07, 6.45) is -4.29. The predicted octanol–water partition coefficient (Wildman–Crippen LogP) is 2.93. The van der Waals surface area contributed by atoms with Crippen molar-refractivity contribution in [1.82, 2.24) is 29.4 Å². The molecule has 0 aliphatic carbocycles. The Hall–Kier alpha value is -5.16. The largest absolute Gasteiger partial charge is 0.416 e. The molecule has 4 aromatic rings. The lowest BCUT2D eigenvalue weighted by Gasteiger charge is -2.36. The number of fused-ring (bicyclic) bond motifs is 2. The molecule has 3 amide bonds. The lowest BCUT2D eigenvalue weighted by Crippen LogP contribution is -2.52. The zero-order chi connectivity index (χ0) is 37.4. The number of benzene rings is 2. The first-order chi connectivity index (χ1) is 25.4. The van der Waals surface area contributed by atoms with E-state index in [1.165, 1.54) is 4.52 Å². The topological polar surface area (TPSA) is 146 Å². The van der Waals surface area contributed by atoms with Crippen LogP contribution in [0, 0.1) is 11.8 Å². The van der Waals surface area contributed by atoms with Crippen molar-refractivity contribution in [2.24, 2.45) is 11.8 Å². The Balaban J connectivity index is 1.15. The summed E-state index contributed by atoms with van der Waals surface area (Å²) in [5.74, 6) is -0.138. The zero-order valence-electron chi connectivity index (χ0n) is 28.7. The molecule has 0 saturated carbocycles. The molecule has 53 heavy (non-hydrogen) atoms. The van der Waals surface area contributed by atoms with Crippen LogP contribution in [0.15, 0.2) is 53.3 Å². The van der Waals surface area contributed by atoms with Gasteiger partial charge in [0.1, 0.15) is 12.2 Å². The van der Waals surface area contributed by atoms with Crippen molar-refractivity contribution in [3.8, 4) is 0 Å². The fourth-order valence-electron chi connectivity index (χ4n) is 7.17. The molecule has 5 heterocycles. The SMILES string of the molecule is CCc1c(N2CCN(C(=O)CNC(=O)c3ccccc3)CC2)c(=O)n2nc(N3CC4COCC4C3)nc2n1CC(=O)Nc1ccc(C(F)(F)F)cc1Cl. The number of anilines is 3. The predicted molar refractivity (Wildman–Crippen MR) is 189 cm³/mol. The lowest BCUT2D eigenvalue weighted by atomic mass is 10.0. The van der Waals surface area contributed by atoms with Crippen molar-refractivity contribution in [2.75, 3.05) is 74.1 Å². The smallest absolute Gasteiger partial charge is 0.381 e. The van der Waals surface area contributed by atoms with Crippen LogP contribution < -0.4 is 26.0 Å². The van der Waals surface area contributed by atoms with Gasteiger partial charge in [-0.05, 0) is 36.8 Å². The van der Waals surface area contributed by atoms with Crippen molar-refractivity contribution in [3.63, 3.8) is 0 Å². The van der Waals surface area contributed by atoms with Crippen LogP contribution in [0.5, 0.6) is 0 Å². The highest BCUT2D eigenvalue weighted by atomic mass is 35.5. The maximum Gasteiger partial charge on any atom is 0.416 e. The number of hydrogen-bond acceptors (Lipinski definition) is 9. The van der Waals surface area contributed by atoms with E-state index in [0.717, 1.165) is 18.2 Å². The molecule has 7 rings (SSSR count). The molecule has 14 nitrogen and oxygen atoms in total. The number of hydrogen-bond donors (Lipinski definition) is 2. The first-order valence-corrected chi connectivity index (χ1v) is 17.7. The van der Waals surface area contributed by atoms with Gasteiger partial charge in [-0.25, -0.2) is 0 Å². The third kappa shape index (κ3) is 7.40. The van der Waals surface area contributed by atoms with Gasteiger partial charge < -0.3 is 34.6 Å². The van der Waals surface area contributed by atoms with E-state index >= 15 is 0 Å². The average Bonchev–Trinajstić information content (AvgIpc) is 3.89. The number of alkyl halides is 3. The maximum absolute atomic E-state index is 14.3. The van der Waals surface area contributed by atoms with Gasteiger partial charge in [-0.15, -0.1) is 5.10 Å². The van der Waals surface area contributed by atoms with Crippen LogP contribution in [0.25, 0.3) is 5.78 Å². The van der Waals surface area contributed by atoms with Gasteiger partial charge in [-0.2, -0.15) is 22.7 Å². The van der Waals surface area contributed by atoms with E-state index < -0.39 is 23.2 Å². The number of aromatic nitrogens is 4. The minimum absolute atomic E-state index is 0.00580. The van der Waals surface area contributed by atoms with Crippen LogP contribution in [0.1, 0.15) is 28.5 Å². The molecule has 2 atom stereocenters. The summed E-state index contributed by atoms with van der Waals surface area (Å²) in [5, 5.41) is 9.60. The normalized spacial score (nSPS) is 18.8. The third-order valence-corrected chi connectivity index (χ3v) is 10.2. The number of ether oxygens (including phenoxy) is 1. The Labute approximate surface area is 306 Å². The number of carbonyl (C=O) groups excluding carboxylic acids is 3. The Kier molecular flexibility index (Phi) is 10.0. The van der Waals surface area contributed by atoms with Crippen LogP contribution in [0.4, 0.5) is 30.5 Å². The summed E-state index contributed by atoms with van der Waals surface area (Å²) in [6, 6.07) is 11.2. The quantitative estimate of drug-likeness (QED) is 0.264. The molecular weight excluding hydrogens is 719 g/mol. The lowest BCUT2D eigenvalue weighted by molar-refractivity contribution is -0.137. The fourth-order valence-corrected chi connectivity index (χ4v) is 7.40. The number of carbonyl (C=O) groups is 3. The minimum Gasteiger partial charge on any atom is -0.381 e. The van der Waals surface area contributed by atoms with Gasteiger partial charge in [0.05, 0.1) is 41.7 Å². The van der Waals surface area contributed by atoms with Crippen LogP contribution >= 0.6 is 11.6 Å². The van der Waals surface area contributed by atoms with Gasteiger partial charge in [-0.3, -0.25) is 19.2 Å². The summed E-state index contributed by atoms with van der Waals surface area (Å²) in [4.78, 5) is 63.6. The van der Waals surface area contributed by atoms with E-state index in [9.17, 15) is 32.3 Å². The van der Waals surface area contributed by atoms with E-state index in [-0.39, 0.29) is 67.6 Å². The van der Waals surface area contributed by atoms with Crippen molar-refractivity contribution < 1.29 is 32.3 Å². The molecule has 18 heteroatoms. The number of nitrogens with one attached hydrogen (secondary N) is 2. The molecule has 2 aromatic heterocycles. The van der Waals surface area contributed by atoms with Gasteiger partial charge in [0.25, 0.3) is 11.5 Å². The van der Waals surface area contributed by atoms with Crippen LogP contribution in [0.3, 0.4) is 0 Å². The number of nitrogens with zero attached hydrogens (tertiary/aromatic N) is 7. The molecule has 0 bridgehead atoms. The van der Waals surface area contributed by atoms with Gasteiger partial charge in [-0.1, -0.05) is 36.7 Å². The van der Waals surface area contributed by atoms with E-state index in [0.29, 0.717) is 67.5 Å². The summed E-state index contributed by atoms with van der Waals surface area (Å²) >= 11 is 6.14. The molecule has 3 fully saturated rings.